The summed E-state index contributed by atoms with van der Waals surface area (Å²) in [5.41, 5.74) is 1.24. The molecular weight excluding hydrogens is 251 g/mol. The third-order valence-electron chi connectivity index (χ3n) is 4.22. The van der Waals surface area contributed by atoms with Crippen LogP contribution in [0.4, 0.5) is 15.8 Å². The molecule has 1 heterocycles. The largest absolute Gasteiger partial charge is 0.365 e. The van der Waals surface area contributed by atoms with E-state index in [-0.39, 0.29) is 12.1 Å². The van der Waals surface area contributed by atoms with Crippen LogP contribution in [-0.4, -0.2) is 6.17 Å². The van der Waals surface area contributed by atoms with Crippen LogP contribution in [0.5, 0.6) is 0 Å². The molecule has 0 saturated heterocycles. The van der Waals surface area contributed by atoms with Crippen molar-refractivity contribution >= 4 is 11.4 Å². The molecule has 0 spiro atoms. The smallest absolute Gasteiger partial charge is 0.141 e. The van der Waals surface area contributed by atoms with Gasteiger partial charge >= 0.3 is 0 Å². The fourth-order valence-electron chi connectivity index (χ4n) is 2.76. The summed E-state index contributed by atoms with van der Waals surface area (Å²) in [7, 11) is 0. The van der Waals surface area contributed by atoms with Gasteiger partial charge in [-0.15, -0.1) is 0 Å². The highest BCUT2D eigenvalue weighted by molar-refractivity contribution is 5.59. The maximum atomic E-state index is 15.1. The van der Waals surface area contributed by atoms with Gasteiger partial charge in [-0.2, -0.15) is 0 Å². The van der Waals surface area contributed by atoms with Crippen molar-refractivity contribution in [3.63, 3.8) is 0 Å². The Morgan fingerprint density at radius 1 is 1.05 bits per heavy atom. The van der Waals surface area contributed by atoms with Crippen molar-refractivity contribution in [3.05, 3.63) is 60.2 Å². The summed E-state index contributed by atoms with van der Waals surface area (Å²) in [4.78, 5) is 0. The second kappa shape index (κ2) is 4.82. The molecular formula is C17H19FN2. The lowest BCUT2D eigenvalue weighted by molar-refractivity contribution is 0.0973. The molecule has 2 N–H and O–H groups in total. The Balaban J connectivity index is 1.92. The fourth-order valence-corrected chi connectivity index (χ4v) is 2.76. The van der Waals surface area contributed by atoms with E-state index in [1.807, 2.05) is 61.5 Å². The van der Waals surface area contributed by atoms with Gasteiger partial charge in [0, 0.05) is 22.9 Å². The lowest BCUT2D eigenvalue weighted by Gasteiger charge is -2.42. The number of nitrogens with one attached hydrogen (secondary N) is 2. The van der Waals surface area contributed by atoms with E-state index in [1.54, 1.807) is 6.92 Å². The second-order valence-corrected chi connectivity index (χ2v) is 5.54. The van der Waals surface area contributed by atoms with Crippen LogP contribution in [0.2, 0.25) is 0 Å². The Hall–Kier alpha value is -2.03. The molecule has 1 aliphatic heterocycles. The first-order valence-electron chi connectivity index (χ1n) is 6.95. The van der Waals surface area contributed by atoms with Crippen LogP contribution in [0.1, 0.15) is 19.4 Å². The molecule has 3 atom stereocenters. The van der Waals surface area contributed by atoms with Crippen LogP contribution >= 0.6 is 0 Å². The number of fused-ring (bicyclic) bond motifs is 1. The van der Waals surface area contributed by atoms with Crippen molar-refractivity contribution in [2.75, 3.05) is 10.6 Å². The average Bonchev–Trinajstić information content (AvgIpc) is 2.46. The minimum Gasteiger partial charge on any atom is -0.365 e. The van der Waals surface area contributed by atoms with Crippen LogP contribution in [0.15, 0.2) is 54.6 Å². The van der Waals surface area contributed by atoms with E-state index in [0.29, 0.717) is 0 Å². The number of para-hydroxylation sites is 2. The fraction of sp³-hybridized carbons (Fsp3) is 0.294. The maximum Gasteiger partial charge on any atom is 0.141 e. The molecule has 2 nitrogen and oxygen atoms in total. The predicted molar refractivity (Wildman–Crippen MR) is 81.5 cm³/mol. The van der Waals surface area contributed by atoms with Gasteiger partial charge in [-0.25, -0.2) is 4.39 Å². The van der Waals surface area contributed by atoms with Gasteiger partial charge in [-0.3, -0.25) is 0 Å². The minimum absolute atomic E-state index is 0.137. The molecule has 0 fully saturated rings. The average molecular weight is 270 g/mol. The first-order chi connectivity index (χ1) is 9.59. The molecule has 104 valence electrons. The van der Waals surface area contributed by atoms with E-state index >= 15 is 4.39 Å². The van der Waals surface area contributed by atoms with E-state index in [4.69, 9.17) is 0 Å². The Kier molecular flexibility index (Phi) is 3.13. The summed E-state index contributed by atoms with van der Waals surface area (Å²) in [5, 5.41) is 6.78. The second-order valence-electron chi connectivity index (χ2n) is 5.54. The zero-order valence-electron chi connectivity index (χ0n) is 11.7. The van der Waals surface area contributed by atoms with Crippen molar-refractivity contribution in [1.29, 1.82) is 0 Å². The maximum absolute atomic E-state index is 15.1. The number of halogens is 1. The Bertz CT molecular complexity index is 595. The zero-order chi connectivity index (χ0) is 14.2. The Morgan fingerprint density at radius 3 is 2.45 bits per heavy atom. The van der Waals surface area contributed by atoms with Crippen molar-refractivity contribution in [2.24, 2.45) is 5.92 Å². The van der Waals surface area contributed by atoms with Gasteiger partial charge in [0.15, 0.2) is 0 Å². The quantitative estimate of drug-likeness (QED) is 0.846. The lowest BCUT2D eigenvalue weighted by atomic mass is 9.79. The van der Waals surface area contributed by atoms with Gasteiger partial charge in [0.05, 0.1) is 0 Å². The summed E-state index contributed by atoms with van der Waals surface area (Å²) in [6, 6.07) is 17.5. The Labute approximate surface area is 119 Å². The molecule has 3 heteroatoms. The van der Waals surface area contributed by atoms with Crippen LogP contribution in [0, 0.1) is 5.92 Å². The Morgan fingerprint density at radius 2 is 1.70 bits per heavy atom. The van der Waals surface area contributed by atoms with E-state index in [1.165, 1.54) is 0 Å². The third kappa shape index (κ3) is 2.13. The standard InChI is InChI=1S/C17H19FN2/c1-12-16(19-13-8-4-3-5-9-13)20-15-11-7-6-10-14(15)17(12,2)18/h3-12,16,19-20H,1-2H3. The molecule has 0 radical (unpaired) electrons. The van der Waals surface area contributed by atoms with Gasteiger partial charge in [0.2, 0.25) is 0 Å². The molecule has 0 bridgehead atoms. The molecule has 0 amide bonds. The molecule has 0 aliphatic carbocycles. The molecule has 3 unspecified atom stereocenters. The van der Waals surface area contributed by atoms with Gasteiger partial charge in [0.25, 0.3) is 0 Å². The van der Waals surface area contributed by atoms with E-state index in [2.05, 4.69) is 10.6 Å². The molecule has 1 aliphatic rings. The molecule has 2 aromatic rings. The molecule has 0 saturated carbocycles. The number of alkyl halides is 1. The zero-order valence-corrected chi connectivity index (χ0v) is 11.7. The molecule has 20 heavy (non-hydrogen) atoms. The third-order valence-corrected chi connectivity index (χ3v) is 4.22. The highest BCUT2D eigenvalue weighted by atomic mass is 19.1. The summed E-state index contributed by atoms with van der Waals surface area (Å²) in [6.07, 6.45) is -0.137. The van der Waals surface area contributed by atoms with Gasteiger partial charge in [-0.05, 0) is 25.1 Å². The lowest BCUT2D eigenvalue weighted by Crippen LogP contribution is -2.47. The van der Waals surface area contributed by atoms with Crippen molar-refractivity contribution in [2.45, 2.75) is 25.7 Å². The SMILES string of the molecule is CC1C(Nc2ccccc2)Nc2ccccc2C1(C)F. The predicted octanol–water partition coefficient (Wildman–Crippen LogP) is 4.37. The van der Waals surface area contributed by atoms with Crippen molar-refractivity contribution in [1.82, 2.24) is 0 Å². The van der Waals surface area contributed by atoms with Gasteiger partial charge < -0.3 is 10.6 Å². The van der Waals surface area contributed by atoms with E-state index < -0.39 is 5.67 Å². The number of anilines is 2. The summed E-state index contributed by atoms with van der Waals surface area (Å²) in [5.74, 6) is -0.183. The number of hydrogen-bond donors (Lipinski definition) is 2. The van der Waals surface area contributed by atoms with Gasteiger partial charge in [-0.1, -0.05) is 43.3 Å². The van der Waals surface area contributed by atoms with Crippen LogP contribution in [0.3, 0.4) is 0 Å². The number of rotatable bonds is 2. The highest BCUT2D eigenvalue weighted by Crippen LogP contribution is 2.44. The summed E-state index contributed by atoms with van der Waals surface area (Å²) in [6.45, 7) is 3.60. The number of hydrogen-bond acceptors (Lipinski definition) is 2. The minimum atomic E-state index is -1.35. The normalized spacial score (nSPS) is 28.4. The van der Waals surface area contributed by atoms with E-state index in [0.717, 1.165) is 16.9 Å². The first kappa shape index (κ1) is 13.0. The first-order valence-corrected chi connectivity index (χ1v) is 6.95. The van der Waals surface area contributed by atoms with Crippen molar-refractivity contribution in [3.8, 4) is 0 Å². The molecule has 0 aromatic heterocycles. The van der Waals surface area contributed by atoms with Crippen molar-refractivity contribution < 1.29 is 4.39 Å². The van der Waals surface area contributed by atoms with Crippen LogP contribution in [-0.2, 0) is 5.67 Å². The summed E-state index contributed by atoms with van der Waals surface area (Å²) >= 11 is 0. The number of benzene rings is 2. The molecule has 2 aromatic carbocycles. The van der Waals surface area contributed by atoms with Gasteiger partial charge in [0.1, 0.15) is 11.8 Å². The van der Waals surface area contributed by atoms with Crippen LogP contribution in [0.25, 0.3) is 0 Å². The monoisotopic (exact) mass is 270 g/mol. The molecule has 3 rings (SSSR count). The topological polar surface area (TPSA) is 24.1 Å². The highest BCUT2D eigenvalue weighted by Gasteiger charge is 2.43. The van der Waals surface area contributed by atoms with E-state index in [9.17, 15) is 0 Å². The van der Waals surface area contributed by atoms with Crippen LogP contribution < -0.4 is 10.6 Å². The summed E-state index contributed by atoms with van der Waals surface area (Å²) < 4.78 is 15.1.